The maximum atomic E-state index is 13.6. The molecule has 0 spiro atoms. The van der Waals surface area contributed by atoms with Gasteiger partial charge in [-0.15, -0.1) is 11.8 Å². The molecule has 0 saturated heterocycles. The zero-order chi connectivity index (χ0) is 23.8. The molecule has 1 unspecified atom stereocenters. The molecule has 0 bridgehead atoms. The number of carboxylic acid groups (broad SMARTS) is 1. The topological polar surface area (TPSA) is 57.6 Å². The summed E-state index contributed by atoms with van der Waals surface area (Å²) < 4.78 is 0. The van der Waals surface area contributed by atoms with Crippen LogP contribution in [0.1, 0.15) is 48.7 Å². The average Bonchev–Trinajstić information content (AvgIpc) is 2.77. The van der Waals surface area contributed by atoms with Crippen LogP contribution in [-0.4, -0.2) is 28.3 Å². The van der Waals surface area contributed by atoms with Gasteiger partial charge in [-0.05, 0) is 61.7 Å². The van der Waals surface area contributed by atoms with Crippen LogP contribution in [0.15, 0.2) is 77.7 Å². The molecule has 1 N–H and O–H groups in total. The fourth-order valence-corrected chi connectivity index (χ4v) is 6.04. The number of fused-ring (bicyclic) bond motifs is 1. The van der Waals surface area contributed by atoms with Gasteiger partial charge in [-0.25, -0.2) is 4.79 Å². The molecule has 33 heavy (non-hydrogen) atoms. The smallest absolute Gasteiger partial charge is 0.336 e. The first-order valence-corrected chi connectivity index (χ1v) is 12.1. The number of halogens is 1. The number of anilines is 1. The minimum absolute atomic E-state index is 0.0456. The van der Waals surface area contributed by atoms with Crippen molar-refractivity contribution in [1.82, 2.24) is 0 Å². The largest absolute Gasteiger partial charge is 0.478 e. The maximum absolute atomic E-state index is 13.6. The van der Waals surface area contributed by atoms with E-state index >= 15 is 0 Å². The number of hydrogen-bond acceptors (Lipinski definition) is 3. The standard InChI is InChI=1S/C27H26ClNO3S/c1-26(2)17-27(3,18-12-14-19(28)15-13-18)21-9-5-6-10-22(21)29(26)24(30)16-33-23-11-7-4-8-20(23)25(31)32/h4-15H,16-17H2,1-3H3,(H,31,32). The summed E-state index contributed by atoms with van der Waals surface area (Å²) in [6, 6.07) is 22.8. The predicted molar refractivity (Wildman–Crippen MR) is 135 cm³/mol. The summed E-state index contributed by atoms with van der Waals surface area (Å²) in [7, 11) is 0. The van der Waals surface area contributed by atoms with Gasteiger partial charge in [0.05, 0.1) is 11.3 Å². The number of carboxylic acids is 1. The van der Waals surface area contributed by atoms with E-state index in [1.807, 2.05) is 35.2 Å². The van der Waals surface area contributed by atoms with E-state index in [1.165, 1.54) is 11.8 Å². The Morgan fingerprint density at radius 1 is 0.970 bits per heavy atom. The summed E-state index contributed by atoms with van der Waals surface area (Å²) in [5.74, 6) is -0.886. The molecule has 1 heterocycles. The van der Waals surface area contributed by atoms with Crippen LogP contribution in [0, 0.1) is 0 Å². The van der Waals surface area contributed by atoms with Crippen LogP contribution in [0.2, 0.25) is 5.02 Å². The third-order valence-electron chi connectivity index (χ3n) is 6.33. The Kier molecular flexibility index (Phi) is 6.30. The third-order valence-corrected chi connectivity index (χ3v) is 7.64. The van der Waals surface area contributed by atoms with Crippen molar-refractivity contribution in [2.75, 3.05) is 10.7 Å². The van der Waals surface area contributed by atoms with Crippen molar-refractivity contribution in [3.05, 3.63) is 94.5 Å². The Hall–Kier alpha value is -2.76. The van der Waals surface area contributed by atoms with Crippen molar-refractivity contribution >= 4 is 40.9 Å². The molecular formula is C27H26ClNO3S. The monoisotopic (exact) mass is 479 g/mol. The van der Waals surface area contributed by atoms with Crippen LogP contribution in [0.4, 0.5) is 5.69 Å². The molecule has 1 amide bonds. The first kappa shape index (κ1) is 23.4. The molecule has 3 aromatic rings. The van der Waals surface area contributed by atoms with Crippen LogP contribution in [0.3, 0.4) is 0 Å². The summed E-state index contributed by atoms with van der Waals surface area (Å²) in [4.78, 5) is 27.6. The fraction of sp³-hybridized carbons (Fsp3) is 0.259. The lowest BCUT2D eigenvalue weighted by molar-refractivity contribution is -0.117. The molecule has 3 aromatic carbocycles. The van der Waals surface area contributed by atoms with Crippen LogP contribution >= 0.6 is 23.4 Å². The number of hydrogen-bond donors (Lipinski definition) is 1. The Labute approximate surface area is 203 Å². The number of amides is 1. The molecule has 0 radical (unpaired) electrons. The zero-order valence-electron chi connectivity index (χ0n) is 18.8. The number of para-hydroxylation sites is 1. The summed E-state index contributed by atoms with van der Waals surface area (Å²) in [5, 5.41) is 10.2. The number of carbonyl (C=O) groups is 2. The highest BCUT2D eigenvalue weighted by Crippen LogP contribution is 2.50. The van der Waals surface area contributed by atoms with E-state index < -0.39 is 11.5 Å². The summed E-state index contributed by atoms with van der Waals surface area (Å²) in [6.07, 6.45) is 0.737. The Morgan fingerprint density at radius 2 is 1.61 bits per heavy atom. The second kappa shape index (κ2) is 8.88. The van der Waals surface area contributed by atoms with Gasteiger partial charge in [-0.1, -0.05) is 61.0 Å². The predicted octanol–water partition coefficient (Wildman–Crippen LogP) is 6.65. The molecule has 0 aromatic heterocycles. The second-order valence-electron chi connectivity index (χ2n) is 9.16. The van der Waals surface area contributed by atoms with Crippen LogP contribution in [-0.2, 0) is 10.2 Å². The van der Waals surface area contributed by atoms with Crippen molar-refractivity contribution in [3.8, 4) is 0 Å². The zero-order valence-corrected chi connectivity index (χ0v) is 20.4. The molecule has 1 aliphatic rings. The van der Waals surface area contributed by atoms with Crippen molar-refractivity contribution in [2.24, 2.45) is 0 Å². The van der Waals surface area contributed by atoms with Gasteiger partial charge in [-0.3, -0.25) is 4.79 Å². The number of rotatable bonds is 5. The van der Waals surface area contributed by atoms with Crippen LogP contribution in [0.25, 0.3) is 0 Å². The van der Waals surface area contributed by atoms with E-state index in [-0.39, 0.29) is 22.6 Å². The number of carbonyl (C=O) groups excluding carboxylic acids is 1. The summed E-state index contributed by atoms with van der Waals surface area (Å²) in [6.45, 7) is 6.40. The minimum atomic E-state index is -0.993. The van der Waals surface area contributed by atoms with Gasteiger partial charge in [0.25, 0.3) is 0 Å². The number of benzene rings is 3. The van der Waals surface area contributed by atoms with Gasteiger partial charge in [0.2, 0.25) is 5.91 Å². The summed E-state index contributed by atoms with van der Waals surface area (Å²) >= 11 is 7.40. The van der Waals surface area contributed by atoms with Crippen LogP contribution < -0.4 is 4.90 Å². The third kappa shape index (κ3) is 4.40. The highest BCUT2D eigenvalue weighted by molar-refractivity contribution is 8.00. The summed E-state index contributed by atoms with van der Waals surface area (Å²) in [5.41, 5.74) is 2.62. The van der Waals surface area contributed by atoms with Crippen molar-refractivity contribution < 1.29 is 14.7 Å². The molecule has 1 aliphatic heterocycles. The minimum Gasteiger partial charge on any atom is -0.478 e. The van der Waals surface area contributed by atoms with E-state index in [0.717, 1.165) is 23.2 Å². The fourth-order valence-electron chi connectivity index (χ4n) is 5.02. The Morgan fingerprint density at radius 3 is 2.30 bits per heavy atom. The van der Waals surface area contributed by atoms with E-state index in [4.69, 9.17) is 11.6 Å². The Bertz CT molecular complexity index is 1210. The van der Waals surface area contributed by atoms with E-state index in [1.54, 1.807) is 24.3 Å². The average molecular weight is 480 g/mol. The van der Waals surface area contributed by atoms with Crippen molar-refractivity contribution in [3.63, 3.8) is 0 Å². The van der Waals surface area contributed by atoms with Crippen molar-refractivity contribution in [2.45, 2.75) is 43.0 Å². The first-order valence-electron chi connectivity index (χ1n) is 10.8. The molecule has 6 heteroatoms. The highest BCUT2D eigenvalue weighted by Gasteiger charge is 2.47. The quantitative estimate of drug-likeness (QED) is 0.416. The van der Waals surface area contributed by atoms with Gasteiger partial charge in [0.15, 0.2) is 0 Å². The van der Waals surface area contributed by atoms with E-state index in [9.17, 15) is 14.7 Å². The Balaban J connectivity index is 1.69. The highest BCUT2D eigenvalue weighted by atomic mass is 35.5. The lowest BCUT2D eigenvalue weighted by Crippen LogP contribution is -2.56. The molecule has 4 nitrogen and oxygen atoms in total. The van der Waals surface area contributed by atoms with Gasteiger partial charge in [-0.2, -0.15) is 0 Å². The maximum Gasteiger partial charge on any atom is 0.336 e. The van der Waals surface area contributed by atoms with E-state index in [2.05, 4.69) is 39.0 Å². The van der Waals surface area contributed by atoms with Gasteiger partial charge in [0, 0.05) is 26.6 Å². The van der Waals surface area contributed by atoms with Crippen molar-refractivity contribution in [1.29, 1.82) is 0 Å². The molecule has 0 fully saturated rings. The molecule has 170 valence electrons. The molecule has 1 atom stereocenters. The molecule has 0 saturated carbocycles. The molecule has 0 aliphatic carbocycles. The lowest BCUT2D eigenvalue weighted by Gasteiger charge is -2.51. The van der Waals surface area contributed by atoms with Gasteiger partial charge in [0.1, 0.15) is 0 Å². The normalized spacial score (nSPS) is 19.1. The number of thioether (sulfide) groups is 1. The lowest BCUT2D eigenvalue weighted by atomic mass is 9.65. The second-order valence-corrected chi connectivity index (χ2v) is 10.6. The number of aromatic carboxylic acids is 1. The van der Waals surface area contributed by atoms with E-state index in [0.29, 0.717) is 9.92 Å². The molecule has 4 rings (SSSR count). The SMILES string of the molecule is CC1(c2ccc(Cl)cc2)CC(C)(C)N(C(=O)CSc2ccccc2C(=O)O)c2ccccc21. The molecular weight excluding hydrogens is 454 g/mol. The number of nitrogens with zero attached hydrogens (tertiary/aromatic N) is 1. The van der Waals surface area contributed by atoms with Gasteiger partial charge < -0.3 is 10.0 Å². The van der Waals surface area contributed by atoms with Gasteiger partial charge >= 0.3 is 5.97 Å². The first-order chi connectivity index (χ1) is 15.6. The van der Waals surface area contributed by atoms with Crippen LogP contribution in [0.5, 0.6) is 0 Å².